The molecule has 0 aliphatic carbocycles. The van der Waals surface area contributed by atoms with Gasteiger partial charge in [0.05, 0.1) is 6.61 Å². The van der Waals surface area contributed by atoms with Gasteiger partial charge in [-0.25, -0.2) is 0 Å². The third-order valence-corrected chi connectivity index (χ3v) is 3.81. The van der Waals surface area contributed by atoms with E-state index in [4.69, 9.17) is 9.47 Å². The number of hydrogen-bond acceptors (Lipinski definition) is 3. The molecule has 0 radical (unpaired) electrons. The lowest BCUT2D eigenvalue weighted by molar-refractivity contribution is 0.306. The van der Waals surface area contributed by atoms with E-state index in [1.165, 1.54) is 11.1 Å². The van der Waals surface area contributed by atoms with Crippen molar-refractivity contribution in [2.45, 2.75) is 20.1 Å². The van der Waals surface area contributed by atoms with Gasteiger partial charge in [-0.15, -0.1) is 0 Å². The van der Waals surface area contributed by atoms with Gasteiger partial charge in [0.25, 0.3) is 0 Å². The molecule has 0 aliphatic heterocycles. The Bertz CT molecular complexity index is 770. The zero-order valence-electron chi connectivity index (χ0n) is 14.4. The number of hydrogen-bond donors (Lipinski definition) is 1. The third kappa shape index (κ3) is 5.28. The molecule has 0 unspecified atom stereocenters. The van der Waals surface area contributed by atoms with Crippen molar-refractivity contribution in [2.75, 3.05) is 11.9 Å². The molecule has 3 heteroatoms. The van der Waals surface area contributed by atoms with Gasteiger partial charge in [0.15, 0.2) is 0 Å². The summed E-state index contributed by atoms with van der Waals surface area (Å²) in [5, 5.41) is 3.42. The molecule has 0 bridgehead atoms. The molecule has 0 saturated carbocycles. The third-order valence-electron chi connectivity index (χ3n) is 3.81. The van der Waals surface area contributed by atoms with Gasteiger partial charge in [-0.3, -0.25) is 0 Å². The number of ether oxygens (including phenoxy) is 2. The second-order valence-corrected chi connectivity index (χ2v) is 5.73. The second-order valence-electron chi connectivity index (χ2n) is 5.73. The highest BCUT2D eigenvalue weighted by atomic mass is 16.5. The van der Waals surface area contributed by atoms with Gasteiger partial charge in [0, 0.05) is 12.2 Å². The summed E-state index contributed by atoms with van der Waals surface area (Å²) in [5.74, 6) is 1.78. The molecule has 0 atom stereocenters. The fourth-order valence-electron chi connectivity index (χ4n) is 2.53. The highest BCUT2D eigenvalue weighted by Gasteiger charge is 2.00. The molecule has 0 aromatic heterocycles. The fraction of sp³-hybridized carbons (Fsp3) is 0.182. The summed E-state index contributed by atoms with van der Waals surface area (Å²) in [6.07, 6.45) is 0. The molecule has 0 fully saturated rings. The summed E-state index contributed by atoms with van der Waals surface area (Å²) >= 11 is 0. The lowest BCUT2D eigenvalue weighted by atomic mass is 10.2. The van der Waals surface area contributed by atoms with Crippen molar-refractivity contribution in [3.63, 3.8) is 0 Å². The maximum absolute atomic E-state index is 5.88. The first-order valence-corrected chi connectivity index (χ1v) is 8.56. The smallest absolute Gasteiger partial charge is 0.120 e. The molecule has 1 N–H and O–H groups in total. The van der Waals surface area contributed by atoms with Crippen LogP contribution in [0.3, 0.4) is 0 Å². The van der Waals surface area contributed by atoms with E-state index in [-0.39, 0.29) is 0 Å². The maximum atomic E-state index is 5.88. The van der Waals surface area contributed by atoms with E-state index in [9.17, 15) is 0 Å². The van der Waals surface area contributed by atoms with Crippen LogP contribution in [-0.2, 0) is 13.2 Å². The van der Waals surface area contributed by atoms with Crippen molar-refractivity contribution in [3.8, 4) is 11.5 Å². The van der Waals surface area contributed by atoms with Crippen LogP contribution in [0.4, 0.5) is 5.69 Å². The van der Waals surface area contributed by atoms with Crippen LogP contribution in [0.5, 0.6) is 11.5 Å². The lowest BCUT2D eigenvalue weighted by Crippen LogP contribution is -2.01. The minimum atomic E-state index is 0.580. The first kappa shape index (κ1) is 16.9. The summed E-state index contributed by atoms with van der Waals surface area (Å²) < 4.78 is 11.3. The van der Waals surface area contributed by atoms with Crippen LogP contribution in [-0.4, -0.2) is 6.61 Å². The molecule has 0 aliphatic rings. The van der Waals surface area contributed by atoms with Gasteiger partial charge < -0.3 is 14.8 Å². The van der Waals surface area contributed by atoms with Crippen LogP contribution in [0.1, 0.15) is 18.1 Å². The highest BCUT2D eigenvalue weighted by molar-refractivity contribution is 5.47. The molecule has 3 nitrogen and oxygen atoms in total. The van der Waals surface area contributed by atoms with Crippen LogP contribution in [0.2, 0.25) is 0 Å². The minimum Gasteiger partial charge on any atom is -0.494 e. The Morgan fingerprint density at radius 3 is 2.24 bits per heavy atom. The van der Waals surface area contributed by atoms with Crippen LogP contribution in [0.25, 0.3) is 0 Å². The summed E-state index contributed by atoms with van der Waals surface area (Å²) in [6.45, 7) is 3.99. The van der Waals surface area contributed by atoms with E-state index in [1.54, 1.807) is 0 Å². The molecule has 0 saturated heterocycles. The molecular formula is C22H23NO2. The molecule has 0 amide bonds. The SMILES string of the molecule is CCOc1ccc(NCc2cccc(OCc3ccccc3)c2)cc1. The van der Waals surface area contributed by atoms with Crippen molar-refractivity contribution < 1.29 is 9.47 Å². The molecule has 25 heavy (non-hydrogen) atoms. The van der Waals surface area contributed by atoms with E-state index in [0.717, 1.165) is 23.7 Å². The number of anilines is 1. The van der Waals surface area contributed by atoms with Gasteiger partial charge >= 0.3 is 0 Å². The number of rotatable bonds is 8. The first-order valence-electron chi connectivity index (χ1n) is 8.56. The van der Waals surface area contributed by atoms with Crippen molar-refractivity contribution in [1.82, 2.24) is 0 Å². The molecule has 0 spiro atoms. The monoisotopic (exact) mass is 333 g/mol. The van der Waals surface area contributed by atoms with Crippen LogP contribution < -0.4 is 14.8 Å². The quantitative estimate of drug-likeness (QED) is 0.608. The Labute approximate surface area is 149 Å². The highest BCUT2D eigenvalue weighted by Crippen LogP contribution is 2.19. The fourth-order valence-corrected chi connectivity index (χ4v) is 2.53. The molecule has 128 valence electrons. The Morgan fingerprint density at radius 2 is 1.48 bits per heavy atom. The predicted octanol–water partition coefficient (Wildman–Crippen LogP) is 5.28. The summed E-state index contributed by atoms with van der Waals surface area (Å²) in [7, 11) is 0. The van der Waals surface area contributed by atoms with Crippen molar-refractivity contribution in [1.29, 1.82) is 0 Å². The van der Waals surface area contributed by atoms with Gasteiger partial charge in [-0.2, -0.15) is 0 Å². The minimum absolute atomic E-state index is 0.580. The van der Waals surface area contributed by atoms with Crippen LogP contribution in [0.15, 0.2) is 78.9 Å². The second kappa shape index (κ2) is 8.78. The van der Waals surface area contributed by atoms with Crippen LogP contribution in [0, 0.1) is 0 Å². The topological polar surface area (TPSA) is 30.5 Å². The largest absolute Gasteiger partial charge is 0.494 e. The Morgan fingerprint density at radius 1 is 0.720 bits per heavy atom. The van der Waals surface area contributed by atoms with Crippen molar-refractivity contribution in [2.24, 2.45) is 0 Å². The molecule has 3 aromatic carbocycles. The Balaban J connectivity index is 1.54. The molecule has 3 aromatic rings. The van der Waals surface area contributed by atoms with Crippen molar-refractivity contribution >= 4 is 5.69 Å². The summed E-state index contributed by atoms with van der Waals surface area (Å²) in [5.41, 5.74) is 3.42. The van der Waals surface area contributed by atoms with E-state index in [1.807, 2.05) is 61.5 Å². The van der Waals surface area contributed by atoms with Gasteiger partial charge in [-0.1, -0.05) is 42.5 Å². The standard InChI is InChI=1S/C22H23NO2/c1-2-24-21-13-11-20(12-14-21)23-16-19-9-6-10-22(15-19)25-17-18-7-4-3-5-8-18/h3-15,23H,2,16-17H2,1H3. The molecule has 0 heterocycles. The maximum Gasteiger partial charge on any atom is 0.120 e. The number of nitrogens with one attached hydrogen (secondary N) is 1. The van der Waals surface area contributed by atoms with E-state index in [0.29, 0.717) is 13.2 Å². The zero-order chi connectivity index (χ0) is 17.3. The van der Waals surface area contributed by atoms with Gasteiger partial charge in [0.1, 0.15) is 18.1 Å². The van der Waals surface area contributed by atoms with E-state index >= 15 is 0 Å². The normalized spacial score (nSPS) is 10.3. The lowest BCUT2D eigenvalue weighted by Gasteiger charge is -2.10. The van der Waals surface area contributed by atoms with Crippen molar-refractivity contribution in [3.05, 3.63) is 90.0 Å². The van der Waals surface area contributed by atoms with Gasteiger partial charge in [0.2, 0.25) is 0 Å². The number of benzene rings is 3. The van der Waals surface area contributed by atoms with Gasteiger partial charge in [-0.05, 0) is 54.4 Å². The summed E-state index contributed by atoms with van der Waals surface area (Å²) in [6, 6.07) is 26.4. The van der Waals surface area contributed by atoms with Crippen LogP contribution >= 0.6 is 0 Å². The zero-order valence-corrected chi connectivity index (χ0v) is 14.4. The summed E-state index contributed by atoms with van der Waals surface area (Å²) in [4.78, 5) is 0. The van der Waals surface area contributed by atoms with E-state index in [2.05, 4.69) is 29.6 Å². The average molecular weight is 333 g/mol. The van der Waals surface area contributed by atoms with E-state index < -0.39 is 0 Å². The Hall–Kier alpha value is -2.94. The predicted molar refractivity (Wildman–Crippen MR) is 102 cm³/mol. The first-order chi connectivity index (χ1) is 12.3. The molecule has 3 rings (SSSR count). The molecular weight excluding hydrogens is 310 g/mol. The average Bonchev–Trinajstić information content (AvgIpc) is 2.67. The Kier molecular flexibility index (Phi) is 5.94.